The molecule has 3 aromatic rings. The Balaban J connectivity index is 1.36. The van der Waals surface area contributed by atoms with E-state index < -0.39 is 35.0 Å². The Hall–Kier alpha value is -4.49. The highest BCUT2D eigenvalue weighted by Crippen LogP contribution is 2.64. The zero-order valence-corrected chi connectivity index (χ0v) is 24.2. The fraction of sp³-hybridized carbons (Fsp3) is 0.257. The highest BCUT2D eigenvalue weighted by Gasteiger charge is 2.67. The number of imide groups is 2. The summed E-state index contributed by atoms with van der Waals surface area (Å²) in [5.74, 6) is -4.32. The van der Waals surface area contributed by atoms with Crippen LogP contribution >= 0.6 is 11.6 Å². The van der Waals surface area contributed by atoms with Crippen molar-refractivity contribution in [2.24, 2.45) is 29.1 Å². The van der Waals surface area contributed by atoms with E-state index >= 15 is 0 Å². The average Bonchev–Trinajstić information content (AvgIpc) is 3.37. The lowest BCUT2D eigenvalue weighted by molar-refractivity contribution is -0.131. The van der Waals surface area contributed by atoms with E-state index in [1.165, 1.54) is 21.9 Å². The minimum Gasteiger partial charge on any atom is -0.508 e. The number of benzene rings is 3. The highest BCUT2D eigenvalue weighted by molar-refractivity contribution is 6.32. The number of fused-ring (bicyclic) bond motifs is 4. The van der Waals surface area contributed by atoms with Gasteiger partial charge in [-0.15, -0.1) is 0 Å². The summed E-state index contributed by atoms with van der Waals surface area (Å²) in [6, 6.07) is 20.6. The summed E-state index contributed by atoms with van der Waals surface area (Å²) in [5.41, 5.74) is 2.10. The summed E-state index contributed by atoms with van der Waals surface area (Å²) < 4.78 is 0. The van der Waals surface area contributed by atoms with E-state index in [0.29, 0.717) is 23.4 Å². The van der Waals surface area contributed by atoms with Gasteiger partial charge in [0, 0.05) is 10.9 Å². The van der Waals surface area contributed by atoms with Crippen molar-refractivity contribution in [3.63, 3.8) is 0 Å². The number of phenols is 1. The molecule has 6 atom stereocenters. The van der Waals surface area contributed by atoms with Gasteiger partial charge in [-0.25, -0.2) is 4.90 Å². The first kappa shape index (κ1) is 27.3. The summed E-state index contributed by atoms with van der Waals surface area (Å²) in [6.07, 6.45) is 4.27. The summed E-state index contributed by atoms with van der Waals surface area (Å²) in [4.78, 5) is 59.0. The van der Waals surface area contributed by atoms with E-state index in [1.54, 1.807) is 48.5 Å². The Labute approximate surface area is 254 Å². The second kappa shape index (κ2) is 9.78. The van der Waals surface area contributed by atoms with Gasteiger partial charge in [0.2, 0.25) is 23.6 Å². The molecule has 1 N–H and O–H groups in total. The van der Waals surface area contributed by atoms with Crippen LogP contribution in [0.15, 0.2) is 91.0 Å². The maximum Gasteiger partial charge on any atom is 0.241 e. The standard InChI is InChI=1S/C35H29ClN2O5/c1-3-19-9-11-21(12-10-19)37-31(40)25-16-15-23-26(29(25)33(37)42)18-27-32(41)38(20-7-5-4-6-8-20)34(43)35(27,2)30(23)24-14-13-22(39)17-28(24)36/h3-15,17,25-27,29-30,39H,1,16,18H2,2H3. The molecule has 2 heterocycles. The maximum atomic E-state index is 14.4. The molecule has 0 aromatic heterocycles. The molecular formula is C35H29ClN2O5. The van der Waals surface area contributed by atoms with E-state index in [0.717, 1.165) is 11.1 Å². The normalized spacial score (nSPS) is 29.7. The third-order valence-electron chi connectivity index (χ3n) is 9.97. The molecule has 4 amide bonds. The van der Waals surface area contributed by atoms with Crippen LogP contribution < -0.4 is 9.80 Å². The molecule has 1 saturated carbocycles. The van der Waals surface area contributed by atoms with Crippen molar-refractivity contribution in [3.05, 3.63) is 107 Å². The Morgan fingerprint density at radius 1 is 0.884 bits per heavy atom. The molecule has 216 valence electrons. The van der Waals surface area contributed by atoms with Crippen molar-refractivity contribution in [1.82, 2.24) is 0 Å². The number of allylic oxidation sites excluding steroid dienone is 2. The van der Waals surface area contributed by atoms with Crippen LogP contribution in [0.4, 0.5) is 11.4 Å². The zero-order valence-electron chi connectivity index (χ0n) is 23.4. The van der Waals surface area contributed by atoms with Crippen LogP contribution in [0.25, 0.3) is 6.08 Å². The number of carbonyl (C=O) groups excluding carboxylic acids is 4. The number of hydrogen-bond acceptors (Lipinski definition) is 5. The largest absolute Gasteiger partial charge is 0.508 e. The van der Waals surface area contributed by atoms with Gasteiger partial charge in [0.25, 0.3) is 0 Å². The molecule has 2 aliphatic carbocycles. The molecule has 4 aliphatic rings. The molecule has 3 fully saturated rings. The van der Waals surface area contributed by atoms with E-state index in [9.17, 15) is 24.3 Å². The Morgan fingerprint density at radius 3 is 2.26 bits per heavy atom. The van der Waals surface area contributed by atoms with Crippen molar-refractivity contribution in [1.29, 1.82) is 0 Å². The van der Waals surface area contributed by atoms with Crippen molar-refractivity contribution in [2.45, 2.75) is 25.7 Å². The number of amides is 4. The first-order valence-corrected chi connectivity index (χ1v) is 14.8. The fourth-order valence-corrected chi connectivity index (χ4v) is 8.23. The molecule has 7 rings (SSSR count). The molecule has 2 aliphatic heterocycles. The number of anilines is 2. The summed E-state index contributed by atoms with van der Waals surface area (Å²) >= 11 is 6.74. The number of para-hydroxylation sites is 1. The molecule has 0 bridgehead atoms. The van der Waals surface area contributed by atoms with E-state index in [2.05, 4.69) is 6.58 Å². The lowest BCUT2D eigenvalue weighted by atomic mass is 9.51. The van der Waals surface area contributed by atoms with Gasteiger partial charge in [0.05, 0.1) is 34.5 Å². The molecule has 3 aromatic carbocycles. The Bertz CT molecular complexity index is 1750. The third-order valence-corrected chi connectivity index (χ3v) is 10.3. The molecular weight excluding hydrogens is 564 g/mol. The second-order valence-electron chi connectivity index (χ2n) is 12.0. The van der Waals surface area contributed by atoms with Crippen molar-refractivity contribution in [2.75, 3.05) is 9.80 Å². The molecule has 8 heteroatoms. The van der Waals surface area contributed by atoms with Crippen LogP contribution in [0.5, 0.6) is 5.75 Å². The number of rotatable bonds is 4. The van der Waals surface area contributed by atoms with Gasteiger partial charge in [0.15, 0.2) is 0 Å². The maximum absolute atomic E-state index is 14.4. The number of aromatic hydroxyl groups is 1. The van der Waals surface area contributed by atoms with Crippen LogP contribution in [0.3, 0.4) is 0 Å². The van der Waals surface area contributed by atoms with Gasteiger partial charge >= 0.3 is 0 Å². The minimum absolute atomic E-state index is 0.0186. The van der Waals surface area contributed by atoms with Crippen molar-refractivity contribution < 1.29 is 24.3 Å². The monoisotopic (exact) mass is 592 g/mol. The third kappa shape index (κ3) is 3.80. The van der Waals surface area contributed by atoms with Crippen molar-refractivity contribution in [3.8, 4) is 5.75 Å². The highest BCUT2D eigenvalue weighted by atomic mass is 35.5. The van der Waals surface area contributed by atoms with E-state index in [-0.39, 0.29) is 40.8 Å². The SMILES string of the molecule is C=Cc1ccc(N2C(=O)C3CC=C4C(CC5C(=O)N(c6ccccc6)C(=O)C5(C)C4c4ccc(O)cc4Cl)C3C2=O)cc1. The lowest BCUT2D eigenvalue weighted by Gasteiger charge is -2.49. The van der Waals surface area contributed by atoms with Crippen molar-refractivity contribution >= 4 is 52.7 Å². The van der Waals surface area contributed by atoms with Gasteiger partial charge < -0.3 is 5.11 Å². The topological polar surface area (TPSA) is 95.0 Å². The number of carbonyl (C=O) groups is 4. The van der Waals surface area contributed by atoms with E-state index in [4.69, 9.17) is 11.6 Å². The number of hydrogen-bond donors (Lipinski definition) is 1. The summed E-state index contributed by atoms with van der Waals surface area (Å²) in [7, 11) is 0. The lowest BCUT2D eigenvalue weighted by Crippen LogP contribution is -2.49. The van der Waals surface area contributed by atoms with Crippen LogP contribution in [-0.4, -0.2) is 28.7 Å². The molecule has 7 nitrogen and oxygen atoms in total. The fourth-order valence-electron chi connectivity index (χ4n) is 7.95. The van der Waals surface area contributed by atoms with Gasteiger partial charge in [-0.2, -0.15) is 0 Å². The zero-order chi connectivity index (χ0) is 30.2. The summed E-state index contributed by atoms with van der Waals surface area (Å²) in [6.45, 7) is 5.58. The first-order valence-electron chi connectivity index (χ1n) is 14.4. The molecule has 0 spiro atoms. The van der Waals surface area contributed by atoms with Crippen LogP contribution in [0.1, 0.15) is 36.8 Å². The Kier molecular flexibility index (Phi) is 6.22. The van der Waals surface area contributed by atoms with Crippen LogP contribution in [-0.2, 0) is 19.2 Å². The molecule has 0 radical (unpaired) electrons. The number of phenolic OH excluding ortho intramolecular Hbond substituents is 1. The smallest absolute Gasteiger partial charge is 0.241 e. The second-order valence-corrected chi connectivity index (χ2v) is 12.4. The number of nitrogens with zero attached hydrogens (tertiary/aromatic N) is 2. The molecule has 43 heavy (non-hydrogen) atoms. The van der Waals surface area contributed by atoms with Gasteiger partial charge in [0.1, 0.15) is 5.75 Å². The Morgan fingerprint density at radius 2 is 1.58 bits per heavy atom. The van der Waals surface area contributed by atoms with Gasteiger partial charge in [-0.05, 0) is 73.2 Å². The molecule has 6 unspecified atom stereocenters. The predicted octanol–water partition coefficient (Wildman–Crippen LogP) is 6.12. The van der Waals surface area contributed by atoms with Crippen LogP contribution in [0, 0.1) is 29.1 Å². The minimum atomic E-state index is -1.20. The first-order chi connectivity index (χ1) is 20.7. The number of halogens is 1. The van der Waals surface area contributed by atoms with Gasteiger partial charge in [-0.3, -0.25) is 24.1 Å². The average molecular weight is 593 g/mol. The summed E-state index contributed by atoms with van der Waals surface area (Å²) in [5, 5.41) is 10.4. The van der Waals surface area contributed by atoms with Gasteiger partial charge in [-0.1, -0.05) is 72.3 Å². The predicted molar refractivity (Wildman–Crippen MR) is 163 cm³/mol. The molecule has 2 saturated heterocycles. The van der Waals surface area contributed by atoms with Crippen LogP contribution in [0.2, 0.25) is 5.02 Å². The quantitative estimate of drug-likeness (QED) is 0.291. The van der Waals surface area contributed by atoms with E-state index in [1.807, 2.05) is 31.2 Å².